The van der Waals surface area contributed by atoms with E-state index in [2.05, 4.69) is 42.6 Å². The van der Waals surface area contributed by atoms with Crippen LogP contribution in [0, 0.1) is 0 Å². The quantitative estimate of drug-likeness (QED) is 0.295. The third-order valence-corrected chi connectivity index (χ3v) is 7.13. The normalized spacial score (nSPS) is 12.9. The lowest BCUT2D eigenvalue weighted by Crippen LogP contribution is -2.40. The molecule has 0 fully saturated rings. The molecule has 0 bridgehead atoms. The van der Waals surface area contributed by atoms with E-state index in [-0.39, 0.29) is 16.4 Å². The van der Waals surface area contributed by atoms with Gasteiger partial charge in [0.25, 0.3) is 11.1 Å². The van der Waals surface area contributed by atoms with Crippen molar-refractivity contribution in [3.63, 3.8) is 0 Å². The molecule has 0 aliphatic heterocycles. The van der Waals surface area contributed by atoms with Gasteiger partial charge in [-0.15, -0.1) is 0 Å². The molecule has 2 heterocycles. The molecule has 8 heteroatoms. The van der Waals surface area contributed by atoms with Crippen LogP contribution in [0.3, 0.4) is 0 Å². The largest absolute Gasteiger partial charge is 0.309 e. The van der Waals surface area contributed by atoms with Gasteiger partial charge in [0.2, 0.25) is 0 Å². The maximum absolute atomic E-state index is 13.5. The number of hydrogen-bond acceptors (Lipinski definition) is 6. The summed E-state index contributed by atoms with van der Waals surface area (Å²) in [5.41, 5.74) is 1.11. The molecule has 0 spiro atoms. The first-order valence-electron chi connectivity index (χ1n) is 11.7. The number of thioether (sulfide) groups is 1. The molecule has 2 aromatic heterocycles. The summed E-state index contributed by atoms with van der Waals surface area (Å²) in [6.07, 6.45) is 0. The number of nitrogens with zero attached hydrogens (tertiary/aromatic N) is 4. The number of para-hydroxylation sites is 2. The van der Waals surface area contributed by atoms with Crippen LogP contribution in [0.4, 0.5) is 0 Å². The highest BCUT2D eigenvalue weighted by Crippen LogP contribution is 2.32. The van der Waals surface area contributed by atoms with Gasteiger partial charge in [-0.3, -0.25) is 19.1 Å². The van der Waals surface area contributed by atoms with Crippen molar-refractivity contribution in [3.05, 3.63) is 75.1 Å². The second-order valence-electron chi connectivity index (χ2n) is 9.02. The van der Waals surface area contributed by atoms with Crippen molar-refractivity contribution >= 4 is 33.6 Å². The topological polar surface area (TPSA) is 83.9 Å². The summed E-state index contributed by atoms with van der Waals surface area (Å²) in [5, 5.41) is 1.59. The van der Waals surface area contributed by atoms with E-state index in [9.17, 15) is 9.59 Å². The first-order valence-corrected chi connectivity index (χ1v) is 12.5. The molecular weight excluding hydrogens is 446 g/mol. The number of rotatable bonds is 8. The Morgan fingerprint density at radius 2 is 1.47 bits per heavy atom. The SMILES string of the molecule is CC(Sc1nc2ccccc2c(=O)n1CCN(C(C)C)C(C)C)c1nc2ccccc2c(=O)[nH]1. The Morgan fingerprint density at radius 1 is 0.882 bits per heavy atom. The van der Waals surface area contributed by atoms with Crippen molar-refractivity contribution in [3.8, 4) is 0 Å². The smallest absolute Gasteiger partial charge is 0.262 e. The minimum absolute atomic E-state index is 0.0484. The van der Waals surface area contributed by atoms with Crippen LogP contribution in [0.15, 0.2) is 63.3 Å². The lowest BCUT2D eigenvalue weighted by molar-refractivity contribution is 0.166. The van der Waals surface area contributed by atoms with Crippen LogP contribution in [-0.2, 0) is 6.54 Å². The van der Waals surface area contributed by atoms with Gasteiger partial charge in [-0.1, -0.05) is 36.0 Å². The lowest BCUT2D eigenvalue weighted by atomic mass is 10.2. The Bertz CT molecular complexity index is 1420. The maximum Gasteiger partial charge on any atom is 0.262 e. The first-order chi connectivity index (χ1) is 16.3. The molecule has 7 nitrogen and oxygen atoms in total. The van der Waals surface area contributed by atoms with Crippen molar-refractivity contribution < 1.29 is 0 Å². The van der Waals surface area contributed by atoms with E-state index in [1.165, 1.54) is 11.8 Å². The summed E-state index contributed by atoms with van der Waals surface area (Å²) in [5.74, 6) is 0.564. The van der Waals surface area contributed by atoms with Gasteiger partial charge in [0.15, 0.2) is 5.16 Å². The molecule has 0 amide bonds. The highest BCUT2D eigenvalue weighted by Gasteiger charge is 2.20. The Balaban J connectivity index is 1.73. The average Bonchev–Trinajstić information content (AvgIpc) is 2.80. The summed E-state index contributed by atoms with van der Waals surface area (Å²) in [6, 6.07) is 15.5. The van der Waals surface area contributed by atoms with Gasteiger partial charge in [-0.25, -0.2) is 9.97 Å². The lowest BCUT2D eigenvalue weighted by Gasteiger charge is -2.31. The molecule has 0 aliphatic carbocycles. The molecule has 0 aliphatic rings. The van der Waals surface area contributed by atoms with Crippen LogP contribution in [0.1, 0.15) is 45.7 Å². The van der Waals surface area contributed by atoms with Gasteiger partial charge in [-0.05, 0) is 58.9 Å². The first kappa shape index (κ1) is 24.2. The van der Waals surface area contributed by atoms with Crippen LogP contribution in [0.2, 0.25) is 0 Å². The molecule has 178 valence electrons. The predicted molar refractivity (Wildman–Crippen MR) is 140 cm³/mol. The third-order valence-electron chi connectivity index (χ3n) is 6.03. The van der Waals surface area contributed by atoms with Crippen molar-refractivity contribution in [1.29, 1.82) is 0 Å². The molecule has 4 aromatic rings. The van der Waals surface area contributed by atoms with Crippen LogP contribution in [0.25, 0.3) is 21.8 Å². The number of H-pyrrole nitrogens is 1. The van der Waals surface area contributed by atoms with E-state index in [1.807, 2.05) is 49.4 Å². The third kappa shape index (κ3) is 4.93. The van der Waals surface area contributed by atoms with Crippen LogP contribution in [-0.4, -0.2) is 43.0 Å². The zero-order chi connectivity index (χ0) is 24.4. The molecular formula is C26H31N5O2S. The van der Waals surface area contributed by atoms with Gasteiger partial charge >= 0.3 is 0 Å². The van der Waals surface area contributed by atoms with Gasteiger partial charge in [0.1, 0.15) is 5.82 Å². The van der Waals surface area contributed by atoms with E-state index >= 15 is 0 Å². The van der Waals surface area contributed by atoms with E-state index < -0.39 is 0 Å². The predicted octanol–water partition coefficient (Wildman–Crippen LogP) is 4.61. The minimum atomic E-state index is -0.206. The minimum Gasteiger partial charge on any atom is -0.309 e. The van der Waals surface area contributed by atoms with Crippen molar-refractivity contribution in [2.24, 2.45) is 0 Å². The van der Waals surface area contributed by atoms with Gasteiger partial charge in [-0.2, -0.15) is 0 Å². The Morgan fingerprint density at radius 3 is 2.12 bits per heavy atom. The van der Waals surface area contributed by atoms with Crippen molar-refractivity contribution in [1.82, 2.24) is 24.4 Å². The Hall–Kier alpha value is -2.97. The molecule has 1 unspecified atom stereocenters. The number of hydrogen-bond donors (Lipinski definition) is 1. The van der Waals surface area contributed by atoms with Crippen LogP contribution >= 0.6 is 11.8 Å². The zero-order valence-corrected chi connectivity index (χ0v) is 21.1. The number of nitrogens with one attached hydrogen (secondary N) is 1. The molecule has 0 radical (unpaired) electrons. The highest BCUT2D eigenvalue weighted by atomic mass is 32.2. The molecule has 0 saturated carbocycles. The Labute approximate surface area is 203 Å². The molecule has 0 saturated heterocycles. The van der Waals surface area contributed by atoms with E-state index in [1.54, 1.807) is 10.6 Å². The number of fused-ring (bicyclic) bond motifs is 2. The summed E-state index contributed by atoms with van der Waals surface area (Å²) >= 11 is 1.44. The summed E-state index contributed by atoms with van der Waals surface area (Å²) in [6.45, 7) is 11.9. The number of benzene rings is 2. The molecule has 2 aromatic carbocycles. The van der Waals surface area contributed by atoms with E-state index in [4.69, 9.17) is 4.98 Å². The molecule has 1 N–H and O–H groups in total. The Kier molecular flexibility index (Phi) is 7.19. The summed E-state index contributed by atoms with van der Waals surface area (Å²) < 4.78 is 1.76. The second-order valence-corrected chi connectivity index (χ2v) is 10.3. The zero-order valence-electron chi connectivity index (χ0n) is 20.3. The van der Waals surface area contributed by atoms with Gasteiger partial charge in [0.05, 0.1) is 27.1 Å². The van der Waals surface area contributed by atoms with E-state index in [0.717, 1.165) is 6.54 Å². The fourth-order valence-corrected chi connectivity index (χ4v) is 5.27. The second kappa shape index (κ2) is 10.1. The maximum atomic E-state index is 13.5. The number of aromatic nitrogens is 4. The van der Waals surface area contributed by atoms with Gasteiger partial charge < -0.3 is 4.98 Å². The van der Waals surface area contributed by atoms with E-state index in [0.29, 0.717) is 51.4 Å². The van der Waals surface area contributed by atoms with Crippen molar-refractivity contribution in [2.75, 3.05) is 6.54 Å². The fraction of sp³-hybridized carbons (Fsp3) is 0.385. The van der Waals surface area contributed by atoms with Crippen LogP contribution in [0.5, 0.6) is 0 Å². The molecule has 4 rings (SSSR count). The van der Waals surface area contributed by atoms with Crippen LogP contribution < -0.4 is 11.1 Å². The standard InChI is InChI=1S/C26H31N5O2S/c1-16(2)30(17(3)4)14-15-31-25(33)20-11-7-9-13-22(20)28-26(31)34-18(5)23-27-21-12-8-6-10-19(21)24(32)29-23/h6-13,16-18H,14-15H2,1-5H3,(H,27,29,32). The summed E-state index contributed by atoms with van der Waals surface area (Å²) in [4.78, 5) is 40.8. The van der Waals surface area contributed by atoms with Crippen molar-refractivity contribution in [2.45, 2.75) is 63.7 Å². The summed E-state index contributed by atoms with van der Waals surface area (Å²) in [7, 11) is 0. The average molecular weight is 478 g/mol. The monoisotopic (exact) mass is 477 g/mol. The highest BCUT2D eigenvalue weighted by molar-refractivity contribution is 7.99. The molecule has 1 atom stereocenters. The fourth-order valence-electron chi connectivity index (χ4n) is 4.27. The number of aromatic amines is 1. The van der Waals surface area contributed by atoms with Gasteiger partial charge in [0, 0.05) is 25.2 Å². The molecule has 34 heavy (non-hydrogen) atoms.